The maximum absolute atomic E-state index is 12.6. The smallest absolute Gasteiger partial charge is 0.315 e. The largest absolute Gasteiger partial charge is 0.468 e. The summed E-state index contributed by atoms with van der Waals surface area (Å²) in [4.78, 5) is 23.7. The van der Waals surface area contributed by atoms with Gasteiger partial charge in [0.2, 0.25) is 5.91 Å². The number of nitrogens with one attached hydrogen (secondary N) is 2. The molecule has 0 bridgehead atoms. The van der Waals surface area contributed by atoms with Crippen LogP contribution in [0.3, 0.4) is 0 Å². The molecule has 144 valence electrons. The van der Waals surface area contributed by atoms with Crippen molar-refractivity contribution in [3.8, 4) is 0 Å². The van der Waals surface area contributed by atoms with E-state index in [0.717, 1.165) is 17.7 Å². The molecule has 1 heterocycles. The Morgan fingerprint density at radius 1 is 1.31 bits per heavy atom. The number of ether oxygens (including phenoxy) is 1. The summed E-state index contributed by atoms with van der Waals surface area (Å²) in [5.41, 5.74) is 1.90. The molecule has 1 aromatic carbocycles. The monoisotopic (exact) mass is 398 g/mol. The molecular formula is C19H27ClN2O3S. The molecule has 5 nitrogen and oxygen atoms in total. The van der Waals surface area contributed by atoms with E-state index in [2.05, 4.69) is 15.4 Å². The van der Waals surface area contributed by atoms with Gasteiger partial charge >= 0.3 is 5.97 Å². The Labute approximate surface area is 165 Å². The molecule has 1 amide bonds. The molecule has 3 unspecified atom stereocenters. The zero-order valence-corrected chi connectivity index (χ0v) is 16.7. The molecular weight excluding hydrogens is 372 g/mol. The van der Waals surface area contributed by atoms with Crippen LogP contribution in [0, 0.1) is 5.92 Å². The van der Waals surface area contributed by atoms with Crippen molar-refractivity contribution < 1.29 is 14.3 Å². The van der Waals surface area contributed by atoms with E-state index in [9.17, 15) is 9.59 Å². The number of methoxy groups -OCH3 is 1. The number of carbonyl (C=O) groups excluding carboxylic acids is 2. The number of fused-ring (bicyclic) bond motifs is 1. The summed E-state index contributed by atoms with van der Waals surface area (Å²) in [6, 6.07) is 8.27. The van der Waals surface area contributed by atoms with Crippen LogP contribution in [0.4, 0.5) is 5.69 Å². The number of anilines is 1. The molecule has 0 spiro atoms. The second-order valence-corrected chi connectivity index (χ2v) is 7.85. The molecule has 1 aliphatic carbocycles. The topological polar surface area (TPSA) is 67.4 Å². The Bertz CT molecular complexity index is 615. The zero-order valence-electron chi connectivity index (χ0n) is 15.0. The summed E-state index contributed by atoms with van der Waals surface area (Å²) < 4.78 is 4.64. The fourth-order valence-corrected chi connectivity index (χ4v) is 4.60. The first kappa shape index (κ1) is 21.1. The lowest BCUT2D eigenvalue weighted by atomic mass is 9.85. The highest BCUT2D eigenvalue weighted by Gasteiger charge is 2.38. The second-order valence-electron chi connectivity index (χ2n) is 6.86. The van der Waals surface area contributed by atoms with Crippen LogP contribution in [0.25, 0.3) is 0 Å². The van der Waals surface area contributed by atoms with Crippen LogP contribution in [-0.2, 0) is 20.1 Å². The first-order chi connectivity index (χ1) is 12.2. The molecule has 2 aliphatic rings. The molecule has 3 atom stereocenters. The summed E-state index contributed by atoms with van der Waals surface area (Å²) in [6.45, 7) is 0. The molecule has 0 aromatic heterocycles. The Kier molecular flexibility index (Phi) is 8.25. The summed E-state index contributed by atoms with van der Waals surface area (Å²) in [6.07, 6.45) is 5.96. The van der Waals surface area contributed by atoms with E-state index in [1.54, 1.807) is 0 Å². The van der Waals surface area contributed by atoms with Crippen molar-refractivity contribution in [2.24, 2.45) is 5.92 Å². The van der Waals surface area contributed by atoms with E-state index in [4.69, 9.17) is 0 Å². The van der Waals surface area contributed by atoms with E-state index >= 15 is 0 Å². The van der Waals surface area contributed by atoms with Crippen LogP contribution < -0.4 is 10.6 Å². The minimum absolute atomic E-state index is 0. The normalized spacial score (nSPS) is 24.3. The summed E-state index contributed by atoms with van der Waals surface area (Å²) in [7, 11) is 1.40. The number of hydrogen-bond acceptors (Lipinski definition) is 5. The molecule has 7 heteroatoms. The van der Waals surface area contributed by atoms with E-state index in [1.807, 2.05) is 24.3 Å². The minimum atomic E-state index is -0.219. The predicted octanol–water partition coefficient (Wildman–Crippen LogP) is 3.37. The molecule has 26 heavy (non-hydrogen) atoms. The number of amides is 1. The molecule has 2 fully saturated rings. The highest BCUT2D eigenvalue weighted by atomic mass is 35.5. The van der Waals surface area contributed by atoms with Crippen molar-refractivity contribution in [1.29, 1.82) is 0 Å². The lowest BCUT2D eigenvalue weighted by Gasteiger charge is -2.24. The van der Waals surface area contributed by atoms with Gasteiger partial charge in [-0.25, -0.2) is 0 Å². The zero-order chi connectivity index (χ0) is 17.6. The number of thioether (sulfide) groups is 1. The number of esters is 1. The van der Waals surface area contributed by atoms with Gasteiger partial charge in [-0.2, -0.15) is 0 Å². The fraction of sp³-hybridized carbons (Fsp3) is 0.579. The third-order valence-electron chi connectivity index (χ3n) is 5.09. The Morgan fingerprint density at radius 2 is 2.12 bits per heavy atom. The summed E-state index contributed by atoms with van der Waals surface area (Å²) in [5, 5.41) is 6.56. The number of benzene rings is 1. The second kappa shape index (κ2) is 10.2. The molecule has 1 saturated heterocycles. The van der Waals surface area contributed by atoms with E-state index in [0.29, 0.717) is 23.5 Å². The maximum atomic E-state index is 12.6. The van der Waals surface area contributed by atoms with Gasteiger partial charge in [0, 0.05) is 17.5 Å². The SMILES string of the molecule is COC(=O)CSCc1cccc(NC(=O)C2CC3CCCCC3N2)c1.Cl. The average molecular weight is 399 g/mol. The van der Waals surface area contributed by atoms with Gasteiger partial charge < -0.3 is 15.4 Å². The first-order valence-corrected chi connectivity index (χ1v) is 10.1. The van der Waals surface area contributed by atoms with Crippen molar-refractivity contribution in [3.05, 3.63) is 29.8 Å². The summed E-state index contributed by atoms with van der Waals surface area (Å²) >= 11 is 1.51. The van der Waals surface area contributed by atoms with Crippen LogP contribution in [0.5, 0.6) is 0 Å². The van der Waals surface area contributed by atoms with E-state index < -0.39 is 0 Å². The van der Waals surface area contributed by atoms with Crippen molar-refractivity contribution in [2.75, 3.05) is 18.2 Å². The molecule has 3 rings (SSSR count). The number of carbonyl (C=O) groups is 2. The Morgan fingerprint density at radius 3 is 2.88 bits per heavy atom. The Hall–Kier alpha value is -1.24. The molecule has 1 aliphatic heterocycles. The van der Waals surface area contributed by atoms with Crippen LogP contribution in [0.2, 0.25) is 0 Å². The van der Waals surface area contributed by atoms with Crippen molar-refractivity contribution in [3.63, 3.8) is 0 Å². The lowest BCUT2D eigenvalue weighted by molar-refractivity contribution is -0.137. The van der Waals surface area contributed by atoms with Crippen LogP contribution in [-0.4, -0.2) is 36.8 Å². The van der Waals surface area contributed by atoms with E-state index in [1.165, 1.54) is 44.6 Å². The van der Waals surface area contributed by atoms with Gasteiger partial charge in [-0.15, -0.1) is 24.2 Å². The molecule has 1 aromatic rings. The van der Waals surface area contributed by atoms with E-state index in [-0.39, 0.29) is 30.3 Å². The number of hydrogen-bond donors (Lipinski definition) is 2. The predicted molar refractivity (Wildman–Crippen MR) is 108 cm³/mol. The number of halogens is 1. The van der Waals surface area contributed by atoms with Gasteiger partial charge in [0.15, 0.2) is 0 Å². The first-order valence-electron chi connectivity index (χ1n) is 8.96. The molecule has 1 saturated carbocycles. The number of rotatable bonds is 6. The maximum Gasteiger partial charge on any atom is 0.315 e. The van der Waals surface area contributed by atoms with Crippen molar-refractivity contribution >= 4 is 41.7 Å². The van der Waals surface area contributed by atoms with Gasteiger partial charge in [0.1, 0.15) is 0 Å². The highest BCUT2D eigenvalue weighted by molar-refractivity contribution is 7.99. The van der Waals surface area contributed by atoms with Gasteiger partial charge in [0.05, 0.1) is 18.9 Å². The third-order valence-corrected chi connectivity index (χ3v) is 6.07. The Balaban J connectivity index is 0.00000243. The third kappa shape index (κ3) is 5.63. The van der Waals surface area contributed by atoms with Gasteiger partial charge in [-0.3, -0.25) is 9.59 Å². The molecule has 0 radical (unpaired) electrons. The quantitative estimate of drug-likeness (QED) is 0.719. The lowest BCUT2D eigenvalue weighted by Crippen LogP contribution is -2.39. The fourth-order valence-electron chi connectivity index (χ4n) is 3.80. The van der Waals surface area contributed by atoms with Gasteiger partial charge in [0.25, 0.3) is 0 Å². The standard InChI is InChI=1S/C19H26N2O3S.ClH/c1-24-18(22)12-25-11-13-5-4-7-15(9-13)20-19(23)17-10-14-6-2-3-8-16(14)21-17;/h4-5,7,9,14,16-17,21H,2-3,6,8,10-12H2,1H3,(H,20,23);1H. The van der Waals surface area contributed by atoms with Crippen LogP contribution in [0.15, 0.2) is 24.3 Å². The van der Waals surface area contributed by atoms with Crippen molar-refractivity contribution in [2.45, 2.75) is 49.9 Å². The van der Waals surface area contributed by atoms with Crippen molar-refractivity contribution in [1.82, 2.24) is 5.32 Å². The highest BCUT2D eigenvalue weighted by Crippen LogP contribution is 2.33. The molecule has 2 N–H and O–H groups in total. The van der Waals surface area contributed by atoms with Crippen LogP contribution >= 0.6 is 24.2 Å². The van der Waals surface area contributed by atoms with Gasteiger partial charge in [-0.1, -0.05) is 25.0 Å². The average Bonchev–Trinajstić information content (AvgIpc) is 3.06. The minimum Gasteiger partial charge on any atom is -0.468 e. The van der Waals surface area contributed by atoms with Crippen LogP contribution in [0.1, 0.15) is 37.7 Å². The summed E-state index contributed by atoms with van der Waals surface area (Å²) in [5.74, 6) is 1.55. The van der Waals surface area contributed by atoms with Gasteiger partial charge in [-0.05, 0) is 42.9 Å².